The Balaban J connectivity index is 2.07. The van der Waals surface area contributed by atoms with Crippen LogP contribution < -0.4 is 10.1 Å². The number of methoxy groups -OCH3 is 1. The van der Waals surface area contributed by atoms with Gasteiger partial charge in [0.05, 0.1) is 29.9 Å². The molecule has 2 N–H and O–H groups in total. The van der Waals surface area contributed by atoms with E-state index in [2.05, 4.69) is 5.32 Å². The number of carbonyl (C=O) groups excluding carboxylic acids is 2. The van der Waals surface area contributed by atoms with E-state index in [1.54, 1.807) is 12.1 Å². The molecule has 1 atom stereocenters. The van der Waals surface area contributed by atoms with Gasteiger partial charge in [0.25, 0.3) is 11.6 Å². The average Bonchev–Trinajstić information content (AvgIpc) is 2.67. The molecule has 0 saturated heterocycles. The van der Waals surface area contributed by atoms with E-state index in [-0.39, 0.29) is 29.3 Å². The molecule has 0 bridgehead atoms. The Morgan fingerprint density at radius 3 is 2.44 bits per heavy atom. The molecular formula is C18H18N2O7. The summed E-state index contributed by atoms with van der Waals surface area (Å²) in [6.07, 6.45) is -1.15. The number of hydrogen-bond acceptors (Lipinski definition) is 7. The van der Waals surface area contributed by atoms with Crippen molar-refractivity contribution in [2.75, 3.05) is 12.4 Å². The molecule has 1 unspecified atom stereocenters. The van der Waals surface area contributed by atoms with E-state index in [1.807, 2.05) is 0 Å². The standard InChI is InChI=1S/C18H18N2O7/c1-11(27-18(23)13-5-3-12(10-21)4-6-13)17(22)19-15-9-14(20(24)25)7-8-16(15)26-2/h3-9,11,21H,10H2,1-2H3,(H,19,22). The second kappa shape index (κ2) is 8.77. The molecule has 0 aliphatic carbocycles. The number of benzene rings is 2. The number of carbonyl (C=O) groups is 2. The number of nitro benzene ring substituents is 1. The zero-order valence-electron chi connectivity index (χ0n) is 14.7. The topological polar surface area (TPSA) is 128 Å². The molecule has 2 aromatic carbocycles. The van der Waals surface area contributed by atoms with Crippen LogP contribution in [0.1, 0.15) is 22.8 Å². The number of non-ortho nitro benzene ring substituents is 1. The highest BCUT2D eigenvalue weighted by atomic mass is 16.6. The summed E-state index contributed by atoms with van der Waals surface area (Å²) in [5, 5.41) is 22.3. The van der Waals surface area contributed by atoms with Gasteiger partial charge in [0.15, 0.2) is 6.10 Å². The summed E-state index contributed by atoms with van der Waals surface area (Å²) in [6.45, 7) is 1.22. The summed E-state index contributed by atoms with van der Waals surface area (Å²) in [5.74, 6) is -1.16. The zero-order valence-corrected chi connectivity index (χ0v) is 14.7. The maximum absolute atomic E-state index is 12.3. The molecule has 2 rings (SSSR count). The Hall–Kier alpha value is -3.46. The van der Waals surface area contributed by atoms with Crippen LogP contribution in [0.5, 0.6) is 5.75 Å². The lowest BCUT2D eigenvalue weighted by atomic mass is 10.1. The number of nitro groups is 1. The Morgan fingerprint density at radius 1 is 1.22 bits per heavy atom. The Morgan fingerprint density at radius 2 is 1.89 bits per heavy atom. The SMILES string of the molecule is COc1ccc([N+](=O)[O-])cc1NC(=O)C(C)OC(=O)c1ccc(CO)cc1. The van der Waals surface area contributed by atoms with Crippen molar-refractivity contribution in [3.05, 3.63) is 63.7 Å². The van der Waals surface area contributed by atoms with Crippen molar-refractivity contribution in [2.24, 2.45) is 0 Å². The van der Waals surface area contributed by atoms with Crippen LogP contribution in [0.3, 0.4) is 0 Å². The number of anilines is 1. The first kappa shape index (κ1) is 19.9. The zero-order chi connectivity index (χ0) is 20.0. The molecule has 0 aliphatic rings. The summed E-state index contributed by atoms with van der Waals surface area (Å²) >= 11 is 0. The van der Waals surface area contributed by atoms with Crippen LogP contribution in [-0.4, -0.2) is 35.1 Å². The van der Waals surface area contributed by atoms with Gasteiger partial charge in [0.1, 0.15) is 5.75 Å². The van der Waals surface area contributed by atoms with Gasteiger partial charge >= 0.3 is 5.97 Å². The number of aliphatic hydroxyl groups is 1. The highest BCUT2D eigenvalue weighted by molar-refractivity contribution is 5.98. The van der Waals surface area contributed by atoms with Gasteiger partial charge in [-0.1, -0.05) is 12.1 Å². The van der Waals surface area contributed by atoms with Crippen LogP contribution in [0.15, 0.2) is 42.5 Å². The average molecular weight is 374 g/mol. The molecular weight excluding hydrogens is 356 g/mol. The fourth-order valence-electron chi connectivity index (χ4n) is 2.17. The lowest BCUT2D eigenvalue weighted by Gasteiger charge is -2.15. The second-order valence-corrected chi connectivity index (χ2v) is 5.53. The molecule has 0 spiro atoms. The highest BCUT2D eigenvalue weighted by Crippen LogP contribution is 2.29. The van der Waals surface area contributed by atoms with E-state index in [1.165, 1.54) is 38.3 Å². The van der Waals surface area contributed by atoms with Crippen molar-refractivity contribution in [2.45, 2.75) is 19.6 Å². The number of nitrogens with one attached hydrogen (secondary N) is 1. The van der Waals surface area contributed by atoms with Crippen LogP contribution in [-0.2, 0) is 16.1 Å². The van der Waals surface area contributed by atoms with Crippen molar-refractivity contribution >= 4 is 23.3 Å². The summed E-state index contributed by atoms with van der Waals surface area (Å²) in [4.78, 5) is 34.7. The van der Waals surface area contributed by atoms with Gasteiger partial charge in [-0.15, -0.1) is 0 Å². The normalized spacial score (nSPS) is 11.4. The Bertz CT molecular complexity index is 849. The third-order valence-corrected chi connectivity index (χ3v) is 3.68. The third kappa shape index (κ3) is 5.02. The predicted molar refractivity (Wildman–Crippen MR) is 95.5 cm³/mol. The van der Waals surface area contributed by atoms with Crippen LogP contribution in [0.4, 0.5) is 11.4 Å². The second-order valence-electron chi connectivity index (χ2n) is 5.53. The van der Waals surface area contributed by atoms with Gasteiger partial charge in [-0.3, -0.25) is 14.9 Å². The minimum Gasteiger partial charge on any atom is -0.495 e. The molecule has 27 heavy (non-hydrogen) atoms. The first-order valence-corrected chi connectivity index (χ1v) is 7.89. The van der Waals surface area contributed by atoms with Crippen LogP contribution in [0.25, 0.3) is 0 Å². The maximum atomic E-state index is 12.3. The molecule has 0 heterocycles. The molecule has 0 saturated carbocycles. The maximum Gasteiger partial charge on any atom is 0.338 e. The van der Waals surface area contributed by atoms with Crippen LogP contribution in [0, 0.1) is 10.1 Å². The van der Waals surface area contributed by atoms with Crippen molar-refractivity contribution in [1.82, 2.24) is 0 Å². The molecule has 2 aromatic rings. The number of esters is 1. The third-order valence-electron chi connectivity index (χ3n) is 3.68. The van der Waals surface area contributed by atoms with Crippen molar-refractivity contribution in [3.63, 3.8) is 0 Å². The predicted octanol–water partition coefficient (Wildman–Crippen LogP) is 2.28. The van der Waals surface area contributed by atoms with Crippen LogP contribution >= 0.6 is 0 Å². The lowest BCUT2D eigenvalue weighted by molar-refractivity contribution is -0.384. The van der Waals surface area contributed by atoms with Crippen molar-refractivity contribution in [1.29, 1.82) is 0 Å². The number of ether oxygens (including phenoxy) is 2. The monoisotopic (exact) mass is 374 g/mol. The molecule has 0 fully saturated rings. The Labute approximate surface area is 154 Å². The van der Waals surface area contributed by atoms with Gasteiger partial charge < -0.3 is 19.9 Å². The van der Waals surface area contributed by atoms with E-state index in [4.69, 9.17) is 14.6 Å². The fraction of sp³-hybridized carbons (Fsp3) is 0.222. The van der Waals surface area contributed by atoms with Crippen molar-refractivity contribution < 1.29 is 29.1 Å². The lowest BCUT2D eigenvalue weighted by Crippen LogP contribution is -2.30. The van der Waals surface area contributed by atoms with E-state index in [9.17, 15) is 19.7 Å². The van der Waals surface area contributed by atoms with E-state index in [0.29, 0.717) is 5.56 Å². The van der Waals surface area contributed by atoms with Crippen molar-refractivity contribution in [3.8, 4) is 5.75 Å². The molecule has 9 nitrogen and oxygen atoms in total. The van der Waals surface area contributed by atoms with Gasteiger partial charge in [-0.2, -0.15) is 0 Å². The summed E-state index contributed by atoms with van der Waals surface area (Å²) in [6, 6.07) is 9.83. The smallest absolute Gasteiger partial charge is 0.338 e. The van der Waals surface area contributed by atoms with Crippen LogP contribution in [0.2, 0.25) is 0 Å². The largest absolute Gasteiger partial charge is 0.495 e. The Kier molecular flexibility index (Phi) is 6.45. The fourth-order valence-corrected chi connectivity index (χ4v) is 2.17. The summed E-state index contributed by atoms with van der Waals surface area (Å²) in [7, 11) is 1.36. The number of rotatable bonds is 7. The molecule has 9 heteroatoms. The van der Waals surface area contributed by atoms with E-state index in [0.717, 1.165) is 6.07 Å². The van der Waals surface area contributed by atoms with E-state index >= 15 is 0 Å². The summed E-state index contributed by atoms with van der Waals surface area (Å²) < 4.78 is 10.2. The van der Waals surface area contributed by atoms with Gasteiger partial charge in [0.2, 0.25) is 0 Å². The molecule has 1 amide bonds. The minimum absolute atomic E-state index is 0.0897. The number of nitrogens with zero attached hydrogens (tertiary/aromatic N) is 1. The van der Waals surface area contributed by atoms with Gasteiger partial charge in [-0.25, -0.2) is 4.79 Å². The summed E-state index contributed by atoms with van der Waals surface area (Å²) in [5.41, 5.74) is 0.724. The molecule has 0 aromatic heterocycles. The number of hydrogen-bond donors (Lipinski definition) is 2. The first-order chi connectivity index (χ1) is 12.8. The highest BCUT2D eigenvalue weighted by Gasteiger charge is 2.21. The number of aliphatic hydroxyl groups excluding tert-OH is 1. The minimum atomic E-state index is -1.15. The van der Waals surface area contributed by atoms with Gasteiger partial charge in [0, 0.05) is 12.1 Å². The quantitative estimate of drug-likeness (QED) is 0.432. The molecule has 0 aliphatic heterocycles. The number of amides is 1. The van der Waals surface area contributed by atoms with E-state index < -0.39 is 22.9 Å². The van der Waals surface area contributed by atoms with Gasteiger partial charge in [-0.05, 0) is 30.7 Å². The molecule has 0 radical (unpaired) electrons. The first-order valence-electron chi connectivity index (χ1n) is 7.89. The molecule has 142 valence electrons.